The van der Waals surface area contributed by atoms with E-state index in [4.69, 9.17) is 0 Å². The summed E-state index contributed by atoms with van der Waals surface area (Å²) >= 11 is 0. The van der Waals surface area contributed by atoms with Crippen molar-refractivity contribution in [3.8, 4) is 0 Å². The average molecular weight is 257 g/mol. The molecule has 0 saturated carbocycles. The van der Waals surface area contributed by atoms with E-state index in [0.717, 1.165) is 12.8 Å². The van der Waals surface area contributed by atoms with E-state index in [0.29, 0.717) is 13.1 Å². The topological polar surface area (TPSA) is 64.0 Å². The van der Waals surface area contributed by atoms with Crippen molar-refractivity contribution in [1.29, 1.82) is 0 Å². The third-order valence-corrected chi connectivity index (χ3v) is 4.57. The summed E-state index contributed by atoms with van der Waals surface area (Å²) in [4.78, 5) is 4.38. The van der Waals surface area contributed by atoms with E-state index in [1.54, 1.807) is 6.92 Å². The molecule has 0 atom stereocenters. The van der Waals surface area contributed by atoms with Gasteiger partial charge in [0.1, 0.15) is 0 Å². The predicted octanol–water partition coefficient (Wildman–Crippen LogP) is 0.701. The standard InChI is InChI=1S/C11H19N3O2S/c1-2-17(15,16)13-7-8-14-9-12-10-5-3-4-6-11(10)14/h9,13H,2-8H2,1H3. The molecule has 0 bridgehead atoms. The van der Waals surface area contributed by atoms with Crippen molar-refractivity contribution in [3.63, 3.8) is 0 Å². The van der Waals surface area contributed by atoms with Crippen molar-refractivity contribution in [1.82, 2.24) is 14.3 Å². The van der Waals surface area contributed by atoms with Gasteiger partial charge in [0.15, 0.2) is 0 Å². The van der Waals surface area contributed by atoms with Crippen molar-refractivity contribution in [2.24, 2.45) is 0 Å². The van der Waals surface area contributed by atoms with Crippen molar-refractivity contribution in [2.45, 2.75) is 39.2 Å². The first kappa shape index (κ1) is 12.6. The molecule has 1 aliphatic rings. The highest BCUT2D eigenvalue weighted by molar-refractivity contribution is 7.89. The summed E-state index contributed by atoms with van der Waals surface area (Å²) < 4.78 is 27.2. The normalized spacial score (nSPS) is 15.8. The molecule has 0 aromatic carbocycles. The van der Waals surface area contributed by atoms with Gasteiger partial charge in [-0.05, 0) is 32.6 Å². The number of aryl methyl sites for hydroxylation is 1. The van der Waals surface area contributed by atoms with E-state index in [2.05, 4.69) is 14.3 Å². The largest absolute Gasteiger partial charge is 0.333 e. The van der Waals surface area contributed by atoms with Gasteiger partial charge in [0.2, 0.25) is 10.0 Å². The number of fused-ring (bicyclic) bond motifs is 1. The lowest BCUT2D eigenvalue weighted by Gasteiger charge is -2.14. The van der Waals surface area contributed by atoms with Crippen LogP contribution >= 0.6 is 0 Å². The molecule has 0 radical (unpaired) electrons. The van der Waals surface area contributed by atoms with Crippen LogP contribution in [0.4, 0.5) is 0 Å². The first-order valence-electron chi connectivity index (χ1n) is 6.12. The molecule has 5 nitrogen and oxygen atoms in total. The zero-order valence-electron chi connectivity index (χ0n) is 10.1. The smallest absolute Gasteiger partial charge is 0.211 e. The molecule has 1 heterocycles. The van der Waals surface area contributed by atoms with Gasteiger partial charge in [0, 0.05) is 18.8 Å². The lowest BCUT2D eigenvalue weighted by molar-refractivity contribution is 0.564. The molecule has 1 N–H and O–H groups in total. The summed E-state index contributed by atoms with van der Waals surface area (Å²) in [6, 6.07) is 0. The van der Waals surface area contributed by atoms with Crippen LogP contribution in [0.2, 0.25) is 0 Å². The molecule has 0 amide bonds. The lowest BCUT2D eigenvalue weighted by Crippen LogP contribution is -2.29. The first-order chi connectivity index (χ1) is 8.12. The second-order valence-electron chi connectivity index (χ2n) is 4.34. The monoisotopic (exact) mass is 257 g/mol. The fourth-order valence-corrected chi connectivity index (χ4v) is 2.75. The van der Waals surface area contributed by atoms with Crippen molar-refractivity contribution in [3.05, 3.63) is 17.7 Å². The Bertz CT molecular complexity index is 479. The minimum absolute atomic E-state index is 0.134. The number of hydrogen-bond donors (Lipinski definition) is 1. The zero-order valence-corrected chi connectivity index (χ0v) is 11.0. The number of hydrogen-bond acceptors (Lipinski definition) is 3. The minimum Gasteiger partial charge on any atom is -0.333 e. The van der Waals surface area contributed by atoms with Crippen LogP contribution in [0.1, 0.15) is 31.2 Å². The SMILES string of the molecule is CCS(=O)(=O)NCCn1cnc2c1CCCC2. The number of sulfonamides is 1. The highest BCUT2D eigenvalue weighted by atomic mass is 32.2. The Morgan fingerprint density at radius 2 is 2.18 bits per heavy atom. The maximum absolute atomic E-state index is 11.3. The number of rotatable bonds is 5. The summed E-state index contributed by atoms with van der Waals surface area (Å²) in [5.41, 5.74) is 2.47. The highest BCUT2D eigenvalue weighted by Crippen LogP contribution is 2.19. The van der Waals surface area contributed by atoms with E-state index >= 15 is 0 Å². The third kappa shape index (κ3) is 3.07. The maximum Gasteiger partial charge on any atom is 0.211 e. The Morgan fingerprint density at radius 3 is 2.94 bits per heavy atom. The van der Waals surface area contributed by atoms with Gasteiger partial charge in [-0.25, -0.2) is 18.1 Å². The first-order valence-corrected chi connectivity index (χ1v) is 7.78. The molecule has 96 valence electrons. The Balaban J connectivity index is 1.94. The molecule has 0 saturated heterocycles. The molecule has 1 aliphatic carbocycles. The van der Waals surface area contributed by atoms with Crippen LogP contribution in [0.25, 0.3) is 0 Å². The van der Waals surface area contributed by atoms with Gasteiger partial charge in [-0.2, -0.15) is 0 Å². The van der Waals surface area contributed by atoms with Crippen LogP contribution < -0.4 is 4.72 Å². The van der Waals surface area contributed by atoms with E-state index in [1.807, 2.05) is 6.33 Å². The van der Waals surface area contributed by atoms with Crippen LogP contribution in [0.3, 0.4) is 0 Å². The van der Waals surface area contributed by atoms with Crippen LogP contribution in [-0.4, -0.2) is 30.3 Å². The average Bonchev–Trinajstić information content (AvgIpc) is 2.73. The molecule has 2 rings (SSSR count). The molecule has 17 heavy (non-hydrogen) atoms. The number of nitrogens with one attached hydrogen (secondary N) is 1. The Kier molecular flexibility index (Phi) is 3.83. The van der Waals surface area contributed by atoms with Crippen LogP contribution in [-0.2, 0) is 29.4 Å². The minimum atomic E-state index is -3.08. The molecular weight excluding hydrogens is 238 g/mol. The summed E-state index contributed by atoms with van der Waals surface area (Å²) in [5, 5.41) is 0. The zero-order chi connectivity index (χ0) is 12.3. The molecule has 6 heteroatoms. The fraction of sp³-hybridized carbons (Fsp3) is 0.727. The second-order valence-corrected chi connectivity index (χ2v) is 6.43. The predicted molar refractivity (Wildman–Crippen MR) is 66.3 cm³/mol. The number of aromatic nitrogens is 2. The Hall–Kier alpha value is -0.880. The number of imidazole rings is 1. The van der Waals surface area contributed by atoms with Gasteiger partial charge in [0.05, 0.1) is 17.8 Å². The van der Waals surface area contributed by atoms with E-state index in [9.17, 15) is 8.42 Å². The lowest BCUT2D eigenvalue weighted by atomic mass is 10.0. The molecule has 0 aliphatic heterocycles. The molecular formula is C11H19N3O2S. The van der Waals surface area contributed by atoms with Gasteiger partial charge in [-0.15, -0.1) is 0 Å². The van der Waals surface area contributed by atoms with Crippen molar-refractivity contribution >= 4 is 10.0 Å². The summed E-state index contributed by atoms with van der Waals surface area (Å²) in [7, 11) is -3.08. The van der Waals surface area contributed by atoms with Crippen molar-refractivity contribution in [2.75, 3.05) is 12.3 Å². The van der Waals surface area contributed by atoms with Crippen molar-refractivity contribution < 1.29 is 8.42 Å². The molecule has 0 fully saturated rings. The van der Waals surface area contributed by atoms with E-state index in [-0.39, 0.29) is 5.75 Å². The van der Waals surface area contributed by atoms with Crippen LogP contribution in [0.15, 0.2) is 6.33 Å². The quantitative estimate of drug-likeness (QED) is 0.844. The summed E-state index contributed by atoms with van der Waals surface area (Å²) in [6.45, 7) is 2.75. The molecule has 0 unspecified atom stereocenters. The Morgan fingerprint density at radius 1 is 1.41 bits per heavy atom. The molecule has 1 aromatic rings. The highest BCUT2D eigenvalue weighted by Gasteiger charge is 2.15. The molecule has 1 aromatic heterocycles. The van der Waals surface area contributed by atoms with Gasteiger partial charge < -0.3 is 4.57 Å². The van der Waals surface area contributed by atoms with Crippen LogP contribution in [0.5, 0.6) is 0 Å². The fourth-order valence-electron chi connectivity index (χ4n) is 2.15. The van der Waals surface area contributed by atoms with Gasteiger partial charge in [-0.1, -0.05) is 0 Å². The van der Waals surface area contributed by atoms with Gasteiger partial charge in [-0.3, -0.25) is 0 Å². The van der Waals surface area contributed by atoms with E-state index in [1.165, 1.54) is 24.2 Å². The third-order valence-electron chi connectivity index (χ3n) is 3.16. The van der Waals surface area contributed by atoms with Gasteiger partial charge in [0.25, 0.3) is 0 Å². The summed E-state index contributed by atoms with van der Waals surface area (Å²) in [5.74, 6) is 0.134. The number of nitrogens with zero attached hydrogens (tertiary/aromatic N) is 2. The van der Waals surface area contributed by atoms with Gasteiger partial charge >= 0.3 is 0 Å². The van der Waals surface area contributed by atoms with Crippen LogP contribution in [0, 0.1) is 0 Å². The molecule has 0 spiro atoms. The summed E-state index contributed by atoms with van der Waals surface area (Å²) in [6.07, 6.45) is 6.38. The second kappa shape index (κ2) is 5.18. The maximum atomic E-state index is 11.3. The Labute approximate surface area is 102 Å². The van der Waals surface area contributed by atoms with E-state index < -0.39 is 10.0 Å².